The fourth-order valence-corrected chi connectivity index (χ4v) is 5.38. The van der Waals surface area contributed by atoms with Crippen LogP contribution < -0.4 is 0 Å². The number of hydrogen-bond donors (Lipinski definition) is 3. The largest absolute Gasteiger partial charge is 0.395 e. The van der Waals surface area contributed by atoms with Gasteiger partial charge in [-0.2, -0.15) is 16.8 Å². The Morgan fingerprint density at radius 3 is 2.03 bits per heavy atom. The first kappa shape index (κ1) is 32.6. The lowest BCUT2D eigenvalue weighted by Gasteiger charge is -2.39. The summed E-state index contributed by atoms with van der Waals surface area (Å²) >= 11 is 1.77. The summed E-state index contributed by atoms with van der Waals surface area (Å²) in [5, 5.41) is 9.22. The van der Waals surface area contributed by atoms with Crippen molar-refractivity contribution in [1.82, 2.24) is 9.80 Å². The molecule has 0 radical (unpaired) electrons. The van der Waals surface area contributed by atoms with Gasteiger partial charge in [-0.1, -0.05) is 37.7 Å². The van der Waals surface area contributed by atoms with Gasteiger partial charge in [0, 0.05) is 48.6 Å². The second-order valence-corrected chi connectivity index (χ2v) is 13.6. The molecule has 13 heteroatoms. The van der Waals surface area contributed by atoms with Gasteiger partial charge in [-0.3, -0.25) is 18.9 Å². The van der Waals surface area contributed by atoms with Crippen molar-refractivity contribution in [2.24, 2.45) is 0 Å². The van der Waals surface area contributed by atoms with Crippen LogP contribution in [0.3, 0.4) is 0 Å². The van der Waals surface area contributed by atoms with Crippen LogP contribution in [-0.4, -0.2) is 92.7 Å². The fourth-order valence-electron chi connectivity index (χ4n) is 4.29. The molecule has 2 aliphatic rings. The van der Waals surface area contributed by atoms with Gasteiger partial charge in [-0.25, -0.2) is 4.39 Å². The third-order valence-corrected chi connectivity index (χ3v) is 7.19. The minimum absolute atomic E-state index is 0.153. The summed E-state index contributed by atoms with van der Waals surface area (Å²) < 4.78 is 65.7. The lowest BCUT2D eigenvalue weighted by atomic mass is 9.93. The molecule has 4 rings (SSSR count). The van der Waals surface area contributed by atoms with Gasteiger partial charge in [-0.15, -0.1) is 0 Å². The molecular weight excluding hydrogens is 555 g/mol. The molecule has 9 nitrogen and oxygen atoms in total. The highest BCUT2D eigenvalue weighted by Crippen LogP contribution is 2.44. The van der Waals surface area contributed by atoms with Gasteiger partial charge in [0.2, 0.25) is 0 Å². The minimum atomic E-state index is -3.67. The summed E-state index contributed by atoms with van der Waals surface area (Å²) in [4.78, 5) is 7.33. The standard InChI is InChI=1S/C23H29FN2OS.2CH4O3S/c1-16(2)17-3-5-23-20(14-17)21(26-9-7-25(8-10-26)11-12-27)15-18-13-19(24)4-6-22(18)28-23;2*1-5(2,3)4/h3-6,13-14,16,21,27H,7-12,15H2,1-2H3;2*1H3,(H,2,3,4). The number of nitrogens with zero attached hydrogens (tertiary/aromatic N) is 2. The van der Waals surface area contributed by atoms with Gasteiger partial charge in [0.15, 0.2) is 0 Å². The highest BCUT2D eigenvalue weighted by Gasteiger charge is 2.30. The van der Waals surface area contributed by atoms with Crippen LogP contribution in [0.1, 0.15) is 42.5 Å². The van der Waals surface area contributed by atoms with Gasteiger partial charge >= 0.3 is 0 Å². The van der Waals surface area contributed by atoms with Crippen molar-refractivity contribution in [2.75, 3.05) is 51.8 Å². The van der Waals surface area contributed by atoms with Crippen LogP contribution in [0, 0.1) is 5.82 Å². The molecular formula is C25H37FN2O7S3. The lowest BCUT2D eigenvalue weighted by molar-refractivity contribution is 0.0823. The number of aliphatic hydroxyl groups is 1. The average Bonchev–Trinajstić information content (AvgIpc) is 2.93. The van der Waals surface area contributed by atoms with E-state index in [1.165, 1.54) is 20.9 Å². The number of piperazine rings is 1. The monoisotopic (exact) mass is 592 g/mol. The first-order valence-corrected chi connectivity index (χ1v) is 16.6. The summed E-state index contributed by atoms with van der Waals surface area (Å²) in [5.74, 6) is 0.333. The molecule has 1 unspecified atom stereocenters. The van der Waals surface area contributed by atoms with Gasteiger partial charge in [0.25, 0.3) is 20.2 Å². The zero-order chi connectivity index (χ0) is 28.7. The van der Waals surface area contributed by atoms with Crippen LogP contribution >= 0.6 is 11.8 Å². The van der Waals surface area contributed by atoms with Gasteiger partial charge in [-0.05, 0) is 53.3 Å². The Labute approximate surface area is 229 Å². The van der Waals surface area contributed by atoms with Crippen LogP contribution in [0.15, 0.2) is 46.2 Å². The quantitative estimate of drug-likeness (QED) is 0.454. The molecule has 0 saturated carbocycles. The van der Waals surface area contributed by atoms with Crippen molar-refractivity contribution in [1.29, 1.82) is 0 Å². The van der Waals surface area contributed by atoms with Gasteiger partial charge < -0.3 is 5.11 Å². The highest BCUT2D eigenvalue weighted by atomic mass is 32.2. The second-order valence-electron chi connectivity index (χ2n) is 9.59. The maximum atomic E-state index is 14.0. The van der Waals surface area contributed by atoms with Crippen molar-refractivity contribution < 1.29 is 35.4 Å². The van der Waals surface area contributed by atoms with Crippen LogP contribution in [-0.2, 0) is 26.7 Å². The Bertz CT molecular complexity index is 1230. The van der Waals surface area contributed by atoms with Crippen LogP contribution in [0.5, 0.6) is 0 Å². The van der Waals surface area contributed by atoms with E-state index in [4.69, 9.17) is 9.11 Å². The second kappa shape index (κ2) is 14.2. The molecule has 2 heterocycles. The Hall–Kier alpha value is -1.58. The van der Waals surface area contributed by atoms with E-state index < -0.39 is 20.2 Å². The molecule has 2 aromatic carbocycles. The molecule has 3 N–H and O–H groups in total. The number of halogens is 1. The van der Waals surface area contributed by atoms with Crippen molar-refractivity contribution >= 4 is 32.0 Å². The Balaban J connectivity index is 0.000000435. The van der Waals surface area contributed by atoms with E-state index >= 15 is 0 Å². The van der Waals surface area contributed by atoms with Crippen molar-refractivity contribution in [3.05, 3.63) is 58.9 Å². The molecule has 214 valence electrons. The van der Waals surface area contributed by atoms with E-state index in [1.54, 1.807) is 23.9 Å². The smallest absolute Gasteiger partial charge is 0.261 e. The van der Waals surface area contributed by atoms with E-state index in [2.05, 4.69) is 41.8 Å². The van der Waals surface area contributed by atoms with E-state index in [0.717, 1.165) is 44.7 Å². The minimum Gasteiger partial charge on any atom is -0.395 e. The lowest BCUT2D eigenvalue weighted by Crippen LogP contribution is -2.48. The molecule has 0 spiro atoms. The predicted octanol–water partition coefficient (Wildman–Crippen LogP) is 3.32. The molecule has 2 aromatic rings. The number of rotatable bonds is 4. The van der Waals surface area contributed by atoms with Gasteiger partial charge in [0.05, 0.1) is 19.1 Å². The summed E-state index contributed by atoms with van der Waals surface area (Å²) in [6, 6.07) is 12.3. The Kier molecular flexibility index (Phi) is 12.2. The Morgan fingerprint density at radius 1 is 0.947 bits per heavy atom. The fraction of sp³-hybridized carbons (Fsp3) is 0.520. The summed E-state index contributed by atoms with van der Waals surface area (Å²) in [5.41, 5.74) is 3.85. The number of hydrogen-bond acceptors (Lipinski definition) is 8. The number of benzene rings is 2. The first-order valence-electron chi connectivity index (χ1n) is 12.1. The third kappa shape index (κ3) is 11.7. The summed E-state index contributed by atoms with van der Waals surface area (Å²) in [6.45, 7) is 9.33. The van der Waals surface area contributed by atoms with Crippen LogP contribution in [0.25, 0.3) is 0 Å². The molecule has 38 heavy (non-hydrogen) atoms. The molecule has 0 bridgehead atoms. The van der Waals surface area contributed by atoms with E-state index in [-0.39, 0.29) is 18.5 Å². The molecule has 1 fully saturated rings. The predicted molar refractivity (Wildman–Crippen MR) is 148 cm³/mol. The van der Waals surface area contributed by atoms with Crippen molar-refractivity contribution in [3.8, 4) is 0 Å². The first-order chi connectivity index (χ1) is 17.5. The van der Waals surface area contributed by atoms with E-state index in [0.29, 0.717) is 18.4 Å². The highest BCUT2D eigenvalue weighted by molar-refractivity contribution is 7.99. The third-order valence-electron chi connectivity index (χ3n) is 5.98. The zero-order valence-electron chi connectivity index (χ0n) is 22.0. The van der Waals surface area contributed by atoms with Crippen LogP contribution in [0.4, 0.5) is 4.39 Å². The number of fused-ring (bicyclic) bond motifs is 2. The average molecular weight is 593 g/mol. The zero-order valence-corrected chi connectivity index (χ0v) is 24.5. The molecule has 1 atom stereocenters. The molecule has 1 saturated heterocycles. The summed E-state index contributed by atoms with van der Waals surface area (Å²) in [7, 11) is -7.33. The molecule has 2 aliphatic heterocycles. The van der Waals surface area contributed by atoms with Gasteiger partial charge in [0.1, 0.15) is 5.82 Å². The van der Waals surface area contributed by atoms with E-state index in [1.807, 2.05) is 6.07 Å². The normalized spacial score (nSPS) is 18.3. The molecule has 0 aliphatic carbocycles. The van der Waals surface area contributed by atoms with Crippen LogP contribution in [0.2, 0.25) is 0 Å². The SMILES string of the molecule is CC(C)c1ccc2c(c1)C(N1CCN(CCO)CC1)Cc1cc(F)ccc1S2.CS(=O)(=O)O.CS(=O)(=O)O. The van der Waals surface area contributed by atoms with Crippen molar-refractivity contribution in [2.45, 2.75) is 42.0 Å². The topological polar surface area (TPSA) is 135 Å². The Morgan fingerprint density at radius 2 is 1.50 bits per heavy atom. The van der Waals surface area contributed by atoms with Crippen molar-refractivity contribution in [3.63, 3.8) is 0 Å². The molecule has 0 amide bonds. The molecule has 0 aromatic heterocycles. The number of β-amino-alcohol motifs (C(OH)–C–C–N with tert-alkyl or cyclic N) is 1. The maximum Gasteiger partial charge on any atom is 0.261 e. The number of aliphatic hydroxyl groups excluding tert-OH is 1. The maximum absolute atomic E-state index is 14.0. The van der Waals surface area contributed by atoms with E-state index in [9.17, 15) is 26.3 Å². The summed E-state index contributed by atoms with van der Waals surface area (Å²) in [6.07, 6.45) is 2.27.